The fraction of sp³-hybridized carbons (Fsp3) is 0.278. The third-order valence-corrected chi connectivity index (χ3v) is 4.30. The number of ether oxygens (including phenoxy) is 2. The molecule has 6 nitrogen and oxygen atoms in total. The Bertz CT molecular complexity index is 820. The van der Waals surface area contributed by atoms with E-state index in [0.717, 1.165) is 4.47 Å². The molecule has 0 aliphatic heterocycles. The van der Waals surface area contributed by atoms with Crippen molar-refractivity contribution < 1.29 is 19.1 Å². The van der Waals surface area contributed by atoms with E-state index in [0.29, 0.717) is 23.8 Å². The van der Waals surface area contributed by atoms with E-state index < -0.39 is 18.0 Å². The van der Waals surface area contributed by atoms with Gasteiger partial charge in [-0.2, -0.15) is 0 Å². The molecule has 0 radical (unpaired) electrons. The zero-order valence-corrected chi connectivity index (χ0v) is 17.5. The molecule has 144 valence electrons. The van der Waals surface area contributed by atoms with Crippen molar-refractivity contribution in [3.8, 4) is 5.75 Å². The zero-order valence-electron chi connectivity index (χ0n) is 14.4. The summed E-state index contributed by atoms with van der Waals surface area (Å²) in [5.74, 6) is -0.176. The topological polar surface area (TPSA) is 77.5 Å². The number of hydrogen-bond donors (Lipinski definition) is 1. The fourth-order valence-corrected chi connectivity index (χ4v) is 2.80. The number of rotatable bonds is 8. The van der Waals surface area contributed by atoms with Gasteiger partial charge in [0.1, 0.15) is 5.75 Å². The first-order valence-corrected chi connectivity index (χ1v) is 9.60. The molecule has 1 amide bonds. The predicted octanol–water partition coefficient (Wildman–Crippen LogP) is 4.88. The van der Waals surface area contributed by atoms with E-state index in [1.807, 2.05) is 24.3 Å². The molecule has 1 atom stereocenters. The van der Waals surface area contributed by atoms with Crippen molar-refractivity contribution in [2.75, 3.05) is 11.9 Å². The molecule has 1 N–H and O–H groups in total. The zero-order chi connectivity index (χ0) is 19.8. The van der Waals surface area contributed by atoms with Crippen molar-refractivity contribution in [1.82, 2.24) is 4.98 Å². The molecule has 2 rings (SSSR count). The van der Waals surface area contributed by atoms with Gasteiger partial charge in [0.2, 0.25) is 0 Å². The Kier molecular flexibility index (Phi) is 8.34. The molecule has 0 aliphatic rings. The third-order valence-electron chi connectivity index (χ3n) is 3.32. The highest BCUT2D eigenvalue weighted by molar-refractivity contribution is 9.10. The second-order valence-corrected chi connectivity index (χ2v) is 7.27. The van der Waals surface area contributed by atoms with Gasteiger partial charge in [-0.25, -0.2) is 4.98 Å². The molecule has 1 heterocycles. The molecule has 0 bridgehead atoms. The van der Waals surface area contributed by atoms with E-state index in [1.54, 1.807) is 0 Å². The van der Waals surface area contributed by atoms with Crippen LogP contribution in [-0.2, 0) is 14.3 Å². The van der Waals surface area contributed by atoms with Crippen LogP contribution in [0.5, 0.6) is 5.75 Å². The van der Waals surface area contributed by atoms with E-state index in [-0.39, 0.29) is 17.3 Å². The summed E-state index contributed by atoms with van der Waals surface area (Å²) in [7, 11) is 0. The summed E-state index contributed by atoms with van der Waals surface area (Å²) in [6.45, 7) is 1.82. The predicted molar refractivity (Wildman–Crippen MR) is 107 cm³/mol. The number of halogens is 3. The third kappa shape index (κ3) is 7.36. The van der Waals surface area contributed by atoms with Crippen molar-refractivity contribution in [3.63, 3.8) is 0 Å². The summed E-state index contributed by atoms with van der Waals surface area (Å²) >= 11 is 15.0. The molecule has 27 heavy (non-hydrogen) atoms. The minimum absolute atomic E-state index is 0.131. The van der Waals surface area contributed by atoms with Gasteiger partial charge in [-0.15, -0.1) is 0 Å². The smallest absolute Gasteiger partial charge is 0.306 e. The van der Waals surface area contributed by atoms with Crippen LogP contribution in [0.3, 0.4) is 0 Å². The lowest BCUT2D eigenvalue weighted by Gasteiger charge is -2.14. The molecule has 0 spiro atoms. The van der Waals surface area contributed by atoms with Crippen LogP contribution in [0.2, 0.25) is 10.0 Å². The quantitative estimate of drug-likeness (QED) is 0.434. The second-order valence-electron chi connectivity index (χ2n) is 5.51. The average molecular weight is 476 g/mol. The number of aromatic nitrogens is 1. The van der Waals surface area contributed by atoms with Crippen molar-refractivity contribution in [1.29, 1.82) is 0 Å². The van der Waals surface area contributed by atoms with Gasteiger partial charge in [-0.1, -0.05) is 45.2 Å². The minimum Gasteiger partial charge on any atom is -0.494 e. The van der Waals surface area contributed by atoms with E-state index >= 15 is 0 Å². The maximum atomic E-state index is 12.1. The first-order valence-electron chi connectivity index (χ1n) is 8.05. The number of pyridine rings is 1. The highest BCUT2D eigenvalue weighted by Gasteiger charge is 2.19. The number of carbonyl (C=O) groups is 2. The molecule has 1 aromatic carbocycles. The average Bonchev–Trinajstić information content (AvgIpc) is 2.61. The Morgan fingerprint density at radius 3 is 2.78 bits per heavy atom. The number of carbonyl (C=O) groups excluding carboxylic acids is 2. The van der Waals surface area contributed by atoms with Crippen LogP contribution < -0.4 is 10.1 Å². The van der Waals surface area contributed by atoms with Crippen molar-refractivity contribution in [3.05, 3.63) is 51.0 Å². The minimum atomic E-state index is -0.989. The van der Waals surface area contributed by atoms with Crippen LogP contribution in [0.25, 0.3) is 0 Å². The highest BCUT2D eigenvalue weighted by Crippen LogP contribution is 2.22. The summed E-state index contributed by atoms with van der Waals surface area (Å²) in [6, 6.07) is 8.86. The molecule has 1 aromatic heterocycles. The largest absolute Gasteiger partial charge is 0.494 e. The van der Waals surface area contributed by atoms with Gasteiger partial charge < -0.3 is 14.8 Å². The Morgan fingerprint density at radius 1 is 1.30 bits per heavy atom. The van der Waals surface area contributed by atoms with E-state index in [9.17, 15) is 9.59 Å². The first kappa shape index (κ1) is 21.5. The van der Waals surface area contributed by atoms with Crippen LogP contribution in [0.1, 0.15) is 19.8 Å². The number of hydrogen-bond acceptors (Lipinski definition) is 5. The highest BCUT2D eigenvalue weighted by atomic mass is 79.9. The van der Waals surface area contributed by atoms with Crippen LogP contribution >= 0.6 is 39.1 Å². The summed E-state index contributed by atoms with van der Waals surface area (Å²) < 4.78 is 11.6. The first-order chi connectivity index (χ1) is 12.8. The lowest BCUT2D eigenvalue weighted by molar-refractivity contribution is -0.153. The molecule has 0 fully saturated rings. The molecular formula is C18H17BrCl2N2O4. The Hall–Kier alpha value is -1.83. The van der Waals surface area contributed by atoms with Crippen LogP contribution in [0, 0.1) is 0 Å². The fourth-order valence-electron chi connectivity index (χ4n) is 2.00. The monoisotopic (exact) mass is 474 g/mol. The maximum absolute atomic E-state index is 12.1. The summed E-state index contributed by atoms with van der Waals surface area (Å²) in [5.41, 5.74) is 0. The SMILES string of the molecule is CC(OC(=O)CCCOc1cccc(Br)c1)C(=O)Nc1ncc(Cl)cc1Cl. The lowest BCUT2D eigenvalue weighted by atomic mass is 10.3. The number of nitrogens with one attached hydrogen (secondary N) is 1. The van der Waals surface area contributed by atoms with Gasteiger partial charge in [0.25, 0.3) is 5.91 Å². The molecule has 1 unspecified atom stereocenters. The van der Waals surface area contributed by atoms with Gasteiger partial charge in [0, 0.05) is 17.1 Å². The molecule has 0 aliphatic carbocycles. The number of esters is 1. The second kappa shape index (κ2) is 10.5. The number of benzene rings is 1. The Labute approximate surface area is 175 Å². The summed E-state index contributed by atoms with van der Waals surface area (Å²) in [4.78, 5) is 27.9. The molecule has 9 heteroatoms. The van der Waals surface area contributed by atoms with Crippen LogP contribution in [0.4, 0.5) is 5.82 Å². The van der Waals surface area contributed by atoms with E-state index in [2.05, 4.69) is 26.2 Å². The van der Waals surface area contributed by atoms with Crippen molar-refractivity contribution in [2.45, 2.75) is 25.9 Å². The van der Waals surface area contributed by atoms with Gasteiger partial charge >= 0.3 is 5.97 Å². The standard InChI is InChI=1S/C18H17BrCl2N2O4/c1-11(18(25)23-17-15(21)9-13(20)10-22-17)27-16(24)6-3-7-26-14-5-2-4-12(19)8-14/h2,4-5,8-11H,3,6-7H2,1H3,(H,22,23,25). The van der Waals surface area contributed by atoms with E-state index in [4.69, 9.17) is 32.7 Å². The maximum Gasteiger partial charge on any atom is 0.306 e. The Balaban J connectivity index is 1.71. The summed E-state index contributed by atoms with van der Waals surface area (Å²) in [6.07, 6.45) is 0.956. The molecular weight excluding hydrogens is 459 g/mol. The Morgan fingerprint density at radius 2 is 2.07 bits per heavy atom. The van der Waals surface area contributed by atoms with Crippen molar-refractivity contribution in [2.24, 2.45) is 0 Å². The van der Waals surface area contributed by atoms with Crippen LogP contribution in [0.15, 0.2) is 41.0 Å². The number of nitrogens with zero attached hydrogens (tertiary/aromatic N) is 1. The van der Waals surface area contributed by atoms with E-state index in [1.165, 1.54) is 19.2 Å². The van der Waals surface area contributed by atoms with Crippen LogP contribution in [-0.4, -0.2) is 29.6 Å². The van der Waals surface area contributed by atoms with Gasteiger partial charge in [-0.3, -0.25) is 9.59 Å². The van der Waals surface area contributed by atoms with Gasteiger partial charge in [0.05, 0.1) is 16.7 Å². The van der Waals surface area contributed by atoms with Crippen molar-refractivity contribution >= 4 is 56.8 Å². The number of anilines is 1. The van der Waals surface area contributed by atoms with Gasteiger partial charge in [0.15, 0.2) is 11.9 Å². The summed E-state index contributed by atoms with van der Waals surface area (Å²) in [5, 5.41) is 3.03. The number of amides is 1. The van der Waals surface area contributed by atoms with Gasteiger partial charge in [-0.05, 0) is 37.6 Å². The molecule has 0 saturated carbocycles. The normalized spacial score (nSPS) is 11.6. The lowest BCUT2D eigenvalue weighted by Crippen LogP contribution is -2.30. The molecule has 0 saturated heterocycles. The molecule has 2 aromatic rings.